The van der Waals surface area contributed by atoms with Gasteiger partial charge in [0, 0.05) is 25.3 Å². The molecule has 1 heterocycles. The van der Waals surface area contributed by atoms with Crippen LogP contribution in [0.4, 0.5) is 4.39 Å². The zero-order valence-corrected chi connectivity index (χ0v) is 12.6. The van der Waals surface area contributed by atoms with Gasteiger partial charge in [-0.15, -0.1) is 0 Å². The third-order valence-electron chi connectivity index (χ3n) is 2.73. The van der Waals surface area contributed by atoms with Gasteiger partial charge in [0.15, 0.2) is 0 Å². The second-order valence-electron chi connectivity index (χ2n) is 4.82. The summed E-state index contributed by atoms with van der Waals surface area (Å²) in [6.45, 7) is 5.66. The number of nitrogens with one attached hydrogen (secondary N) is 1. The molecule has 1 aromatic carbocycles. The van der Waals surface area contributed by atoms with Crippen LogP contribution in [0.15, 0.2) is 35.2 Å². The summed E-state index contributed by atoms with van der Waals surface area (Å²) in [4.78, 5) is 4.34. The summed E-state index contributed by atoms with van der Waals surface area (Å²) < 4.78 is 15.6. The van der Waals surface area contributed by atoms with Crippen LogP contribution >= 0.6 is 15.9 Å². The molecule has 0 atom stereocenters. The van der Waals surface area contributed by atoms with Crippen LogP contribution in [0.25, 0.3) is 0 Å². The fraction of sp³-hybridized carbons (Fsp3) is 0.357. The summed E-state index contributed by atoms with van der Waals surface area (Å²) >= 11 is 3.20. The highest BCUT2D eigenvalue weighted by atomic mass is 79.9. The van der Waals surface area contributed by atoms with Gasteiger partial charge in [0.2, 0.25) is 0 Å². The van der Waals surface area contributed by atoms with E-state index in [1.54, 1.807) is 18.5 Å². The van der Waals surface area contributed by atoms with Crippen molar-refractivity contribution < 1.29 is 4.39 Å². The average Bonchev–Trinajstić information content (AvgIpc) is 2.79. The largest absolute Gasteiger partial charge is 0.333 e. The van der Waals surface area contributed by atoms with Gasteiger partial charge in [0.1, 0.15) is 5.82 Å². The summed E-state index contributed by atoms with van der Waals surface area (Å²) in [6, 6.07) is 5.49. The monoisotopic (exact) mass is 325 g/mol. The van der Waals surface area contributed by atoms with Crippen molar-refractivity contribution in [1.82, 2.24) is 14.9 Å². The Morgan fingerprint density at radius 2 is 2.21 bits per heavy atom. The van der Waals surface area contributed by atoms with Gasteiger partial charge < -0.3 is 9.88 Å². The van der Waals surface area contributed by atoms with E-state index in [0.717, 1.165) is 17.8 Å². The van der Waals surface area contributed by atoms with Crippen LogP contribution in [0.2, 0.25) is 0 Å². The van der Waals surface area contributed by atoms with Gasteiger partial charge in [-0.1, -0.05) is 19.9 Å². The van der Waals surface area contributed by atoms with Crippen LogP contribution in [-0.4, -0.2) is 15.6 Å². The molecule has 5 heteroatoms. The molecule has 2 rings (SSSR count). The number of halogens is 2. The van der Waals surface area contributed by atoms with Gasteiger partial charge in [0.05, 0.1) is 16.5 Å². The smallest absolute Gasteiger partial charge is 0.137 e. The van der Waals surface area contributed by atoms with E-state index in [0.29, 0.717) is 17.1 Å². The van der Waals surface area contributed by atoms with Crippen molar-refractivity contribution in [2.24, 2.45) is 0 Å². The van der Waals surface area contributed by atoms with Gasteiger partial charge in [-0.2, -0.15) is 0 Å². The molecule has 0 unspecified atom stereocenters. The number of rotatable bonds is 5. The summed E-state index contributed by atoms with van der Waals surface area (Å²) in [6.07, 6.45) is 3.81. The Hall–Kier alpha value is -1.20. The Morgan fingerprint density at radius 3 is 2.89 bits per heavy atom. The maximum Gasteiger partial charge on any atom is 0.137 e. The quantitative estimate of drug-likeness (QED) is 0.913. The van der Waals surface area contributed by atoms with Crippen molar-refractivity contribution in [3.8, 4) is 0 Å². The summed E-state index contributed by atoms with van der Waals surface area (Å²) in [5.41, 5.74) is 2.05. The number of nitrogens with zero attached hydrogens (tertiary/aromatic N) is 2. The van der Waals surface area contributed by atoms with E-state index in [1.165, 1.54) is 6.07 Å². The molecule has 19 heavy (non-hydrogen) atoms. The maximum atomic E-state index is 13.1. The highest BCUT2D eigenvalue weighted by molar-refractivity contribution is 9.10. The van der Waals surface area contributed by atoms with Crippen LogP contribution in [0.1, 0.15) is 25.1 Å². The van der Waals surface area contributed by atoms with E-state index in [4.69, 9.17) is 0 Å². The van der Waals surface area contributed by atoms with E-state index in [-0.39, 0.29) is 5.82 Å². The number of benzene rings is 1. The molecular weight excluding hydrogens is 309 g/mol. The lowest BCUT2D eigenvalue weighted by atomic mass is 10.2. The fourth-order valence-electron chi connectivity index (χ4n) is 1.74. The minimum absolute atomic E-state index is 0.240. The molecule has 1 N–H and O–H groups in total. The lowest BCUT2D eigenvalue weighted by Crippen LogP contribution is -2.21. The minimum atomic E-state index is -0.240. The Morgan fingerprint density at radius 1 is 1.42 bits per heavy atom. The lowest BCUT2D eigenvalue weighted by Gasteiger charge is -2.05. The number of hydrogen-bond acceptors (Lipinski definition) is 2. The van der Waals surface area contributed by atoms with E-state index in [1.807, 2.05) is 10.8 Å². The normalized spacial score (nSPS) is 11.2. The standard InChI is InChI=1S/C14H17BrFN3/c1-10(2)17-6-12-8-19(9-18-12)7-11-3-4-14(16)13(15)5-11/h3-5,8-10,17H,6-7H2,1-2H3. The van der Waals surface area contributed by atoms with Crippen LogP contribution in [0, 0.1) is 5.82 Å². The van der Waals surface area contributed by atoms with Gasteiger partial charge >= 0.3 is 0 Å². The third kappa shape index (κ3) is 4.14. The van der Waals surface area contributed by atoms with E-state index >= 15 is 0 Å². The summed E-state index contributed by atoms with van der Waals surface area (Å²) in [5.74, 6) is -0.240. The highest BCUT2D eigenvalue weighted by Gasteiger charge is 2.03. The molecule has 3 nitrogen and oxygen atoms in total. The van der Waals surface area contributed by atoms with Crippen LogP contribution in [0.5, 0.6) is 0 Å². The lowest BCUT2D eigenvalue weighted by molar-refractivity contribution is 0.582. The highest BCUT2D eigenvalue weighted by Crippen LogP contribution is 2.17. The van der Waals surface area contributed by atoms with Crippen LogP contribution in [-0.2, 0) is 13.1 Å². The molecule has 0 fully saturated rings. The average molecular weight is 326 g/mol. The first-order valence-electron chi connectivity index (χ1n) is 6.22. The topological polar surface area (TPSA) is 29.9 Å². The first-order chi connectivity index (χ1) is 9.04. The molecular formula is C14H17BrFN3. The number of aromatic nitrogens is 2. The van der Waals surface area contributed by atoms with E-state index < -0.39 is 0 Å². The number of imidazole rings is 1. The van der Waals surface area contributed by atoms with Crippen molar-refractivity contribution in [2.45, 2.75) is 33.0 Å². The van der Waals surface area contributed by atoms with E-state index in [2.05, 4.69) is 40.1 Å². The molecule has 0 saturated carbocycles. The second-order valence-corrected chi connectivity index (χ2v) is 5.68. The van der Waals surface area contributed by atoms with E-state index in [9.17, 15) is 4.39 Å². The van der Waals surface area contributed by atoms with Gasteiger partial charge in [-0.05, 0) is 33.6 Å². The molecule has 0 spiro atoms. The van der Waals surface area contributed by atoms with Gasteiger partial charge in [0.25, 0.3) is 0 Å². The van der Waals surface area contributed by atoms with Crippen molar-refractivity contribution in [2.75, 3.05) is 0 Å². The van der Waals surface area contributed by atoms with Gasteiger partial charge in [-0.25, -0.2) is 9.37 Å². The molecule has 0 radical (unpaired) electrons. The van der Waals surface area contributed by atoms with Gasteiger partial charge in [-0.3, -0.25) is 0 Å². The molecule has 0 amide bonds. The summed E-state index contributed by atoms with van der Waals surface area (Å²) in [5, 5.41) is 3.32. The fourth-order valence-corrected chi connectivity index (χ4v) is 2.17. The first-order valence-corrected chi connectivity index (χ1v) is 7.02. The molecule has 0 aliphatic rings. The molecule has 0 aliphatic heterocycles. The minimum Gasteiger partial charge on any atom is -0.333 e. The zero-order valence-electron chi connectivity index (χ0n) is 11.0. The molecule has 1 aromatic heterocycles. The van der Waals surface area contributed by atoms with Crippen molar-refractivity contribution in [3.05, 3.63) is 52.3 Å². The third-order valence-corrected chi connectivity index (χ3v) is 3.34. The molecule has 0 aliphatic carbocycles. The Bertz CT molecular complexity index is 551. The van der Waals surface area contributed by atoms with Crippen molar-refractivity contribution in [3.63, 3.8) is 0 Å². The molecule has 102 valence electrons. The Balaban J connectivity index is 2.01. The Kier molecular flexibility index (Phi) is 4.71. The van der Waals surface area contributed by atoms with Crippen LogP contribution in [0.3, 0.4) is 0 Å². The van der Waals surface area contributed by atoms with Crippen LogP contribution < -0.4 is 5.32 Å². The number of hydrogen-bond donors (Lipinski definition) is 1. The van der Waals surface area contributed by atoms with Crippen molar-refractivity contribution in [1.29, 1.82) is 0 Å². The second kappa shape index (κ2) is 6.30. The van der Waals surface area contributed by atoms with Crippen molar-refractivity contribution >= 4 is 15.9 Å². The molecule has 0 bridgehead atoms. The maximum absolute atomic E-state index is 13.1. The Labute approximate surface area is 121 Å². The molecule has 2 aromatic rings. The predicted molar refractivity (Wildman–Crippen MR) is 77.4 cm³/mol. The molecule has 0 saturated heterocycles. The summed E-state index contributed by atoms with van der Waals surface area (Å²) in [7, 11) is 0. The first kappa shape index (κ1) is 14.2. The predicted octanol–water partition coefficient (Wildman–Crippen LogP) is 3.33. The zero-order chi connectivity index (χ0) is 13.8. The SMILES string of the molecule is CC(C)NCc1cn(Cc2ccc(F)c(Br)c2)cn1.